The Kier molecular flexibility index (Phi) is 3.97. The normalized spacial score (nSPS) is 17.4. The number of rotatable bonds is 4. The van der Waals surface area contributed by atoms with Crippen molar-refractivity contribution in [3.05, 3.63) is 46.8 Å². The van der Waals surface area contributed by atoms with Gasteiger partial charge in [-0.3, -0.25) is 4.68 Å². The van der Waals surface area contributed by atoms with Gasteiger partial charge in [0, 0.05) is 30.3 Å². The molecule has 0 saturated carbocycles. The molecule has 112 valence electrons. The van der Waals surface area contributed by atoms with Gasteiger partial charge in [-0.25, -0.2) is 0 Å². The zero-order chi connectivity index (χ0) is 14.8. The summed E-state index contributed by atoms with van der Waals surface area (Å²) >= 11 is 0. The van der Waals surface area contributed by atoms with E-state index in [1.807, 2.05) is 13.1 Å². The lowest BCUT2D eigenvalue weighted by Crippen LogP contribution is -2.20. The molecule has 1 N–H and O–H groups in total. The maximum absolute atomic E-state index is 5.75. The molecule has 4 nitrogen and oxygen atoms in total. The minimum absolute atomic E-state index is 0.482. The Balaban J connectivity index is 1.87. The van der Waals surface area contributed by atoms with Crippen molar-refractivity contribution < 1.29 is 4.74 Å². The van der Waals surface area contributed by atoms with Crippen molar-refractivity contribution in [1.82, 2.24) is 15.1 Å². The standard InChI is InChI=1S/C17H23N3O/c1-12-16(10-18-3)13(2)20(19-12)11-14-8-9-21-17-7-5-4-6-15(14)17/h4-7,14,18H,8-11H2,1-3H3. The summed E-state index contributed by atoms with van der Waals surface area (Å²) in [5.74, 6) is 1.51. The van der Waals surface area contributed by atoms with Crippen molar-refractivity contribution in [3.63, 3.8) is 0 Å². The zero-order valence-electron chi connectivity index (χ0n) is 13.0. The van der Waals surface area contributed by atoms with Gasteiger partial charge < -0.3 is 10.1 Å². The summed E-state index contributed by atoms with van der Waals surface area (Å²) in [4.78, 5) is 0. The van der Waals surface area contributed by atoms with E-state index in [-0.39, 0.29) is 0 Å². The van der Waals surface area contributed by atoms with Gasteiger partial charge >= 0.3 is 0 Å². The number of nitrogens with zero attached hydrogens (tertiary/aromatic N) is 2. The predicted molar refractivity (Wildman–Crippen MR) is 83.8 cm³/mol. The van der Waals surface area contributed by atoms with Crippen LogP contribution < -0.4 is 10.1 Å². The topological polar surface area (TPSA) is 39.1 Å². The number of nitrogens with one attached hydrogen (secondary N) is 1. The summed E-state index contributed by atoms with van der Waals surface area (Å²) in [7, 11) is 1.98. The van der Waals surface area contributed by atoms with Gasteiger partial charge in [-0.15, -0.1) is 0 Å². The van der Waals surface area contributed by atoms with E-state index < -0.39 is 0 Å². The van der Waals surface area contributed by atoms with Crippen LogP contribution in [0.4, 0.5) is 0 Å². The van der Waals surface area contributed by atoms with Crippen LogP contribution in [0.2, 0.25) is 0 Å². The molecule has 0 radical (unpaired) electrons. The highest BCUT2D eigenvalue weighted by Gasteiger charge is 2.23. The summed E-state index contributed by atoms with van der Waals surface area (Å²) in [6.07, 6.45) is 1.05. The third-order valence-electron chi connectivity index (χ3n) is 4.36. The molecule has 0 spiro atoms. The molecule has 0 amide bonds. The molecule has 0 bridgehead atoms. The molecule has 0 fully saturated rings. The molecular formula is C17H23N3O. The fourth-order valence-electron chi connectivity index (χ4n) is 3.16. The fraction of sp³-hybridized carbons (Fsp3) is 0.471. The second-order valence-electron chi connectivity index (χ2n) is 5.73. The number of aromatic nitrogens is 2. The number of hydrogen-bond donors (Lipinski definition) is 1. The van der Waals surface area contributed by atoms with E-state index in [4.69, 9.17) is 9.84 Å². The summed E-state index contributed by atoms with van der Waals surface area (Å²) in [6, 6.07) is 8.37. The van der Waals surface area contributed by atoms with Crippen LogP contribution >= 0.6 is 0 Å². The first-order valence-corrected chi connectivity index (χ1v) is 7.60. The van der Waals surface area contributed by atoms with Crippen LogP contribution in [0.1, 0.15) is 34.9 Å². The number of hydrogen-bond acceptors (Lipinski definition) is 3. The van der Waals surface area contributed by atoms with Gasteiger partial charge in [0.05, 0.1) is 12.3 Å². The van der Waals surface area contributed by atoms with Crippen LogP contribution in [0.3, 0.4) is 0 Å². The zero-order valence-corrected chi connectivity index (χ0v) is 13.0. The highest BCUT2D eigenvalue weighted by molar-refractivity contribution is 5.37. The second kappa shape index (κ2) is 5.90. The average molecular weight is 285 g/mol. The first-order chi connectivity index (χ1) is 10.2. The van der Waals surface area contributed by atoms with Crippen LogP contribution in [0.25, 0.3) is 0 Å². The monoisotopic (exact) mass is 285 g/mol. The minimum atomic E-state index is 0.482. The first-order valence-electron chi connectivity index (χ1n) is 7.60. The van der Waals surface area contributed by atoms with E-state index in [0.717, 1.165) is 37.6 Å². The predicted octanol–water partition coefficient (Wildman–Crippen LogP) is 2.79. The molecule has 1 aliphatic heterocycles. The van der Waals surface area contributed by atoms with E-state index in [0.29, 0.717) is 5.92 Å². The number of ether oxygens (including phenoxy) is 1. The van der Waals surface area contributed by atoms with E-state index in [9.17, 15) is 0 Å². The molecule has 4 heteroatoms. The average Bonchev–Trinajstić information content (AvgIpc) is 2.76. The lowest BCUT2D eigenvalue weighted by atomic mass is 9.93. The van der Waals surface area contributed by atoms with Gasteiger partial charge in [0.2, 0.25) is 0 Å². The van der Waals surface area contributed by atoms with Crippen molar-refractivity contribution >= 4 is 0 Å². The second-order valence-corrected chi connectivity index (χ2v) is 5.73. The number of fused-ring (bicyclic) bond motifs is 1. The van der Waals surface area contributed by atoms with Crippen molar-refractivity contribution in [2.75, 3.05) is 13.7 Å². The Hall–Kier alpha value is -1.81. The number of para-hydroxylation sites is 1. The first kappa shape index (κ1) is 14.1. The maximum atomic E-state index is 5.75. The molecule has 1 unspecified atom stereocenters. The fourth-order valence-corrected chi connectivity index (χ4v) is 3.16. The lowest BCUT2D eigenvalue weighted by Gasteiger charge is -2.26. The smallest absolute Gasteiger partial charge is 0.122 e. The van der Waals surface area contributed by atoms with Crippen LogP contribution in [-0.4, -0.2) is 23.4 Å². The molecule has 1 aromatic carbocycles. The Morgan fingerprint density at radius 1 is 1.33 bits per heavy atom. The Morgan fingerprint density at radius 3 is 2.95 bits per heavy atom. The Bertz CT molecular complexity index is 633. The van der Waals surface area contributed by atoms with Gasteiger partial charge in [-0.2, -0.15) is 5.10 Å². The van der Waals surface area contributed by atoms with Crippen molar-refractivity contribution in [2.45, 2.75) is 39.3 Å². The van der Waals surface area contributed by atoms with Crippen LogP contribution in [0, 0.1) is 13.8 Å². The summed E-state index contributed by atoms with van der Waals surface area (Å²) in [5, 5.41) is 7.96. The third-order valence-corrected chi connectivity index (χ3v) is 4.36. The highest BCUT2D eigenvalue weighted by Crippen LogP contribution is 2.34. The van der Waals surface area contributed by atoms with E-state index in [1.165, 1.54) is 16.8 Å². The molecule has 3 rings (SSSR count). The quantitative estimate of drug-likeness (QED) is 0.939. The number of aryl methyl sites for hydroxylation is 1. The summed E-state index contributed by atoms with van der Waals surface area (Å²) in [6.45, 7) is 6.86. The van der Waals surface area contributed by atoms with E-state index in [1.54, 1.807) is 0 Å². The van der Waals surface area contributed by atoms with Crippen LogP contribution in [-0.2, 0) is 13.1 Å². The maximum Gasteiger partial charge on any atom is 0.122 e. The van der Waals surface area contributed by atoms with Gasteiger partial charge in [0.1, 0.15) is 5.75 Å². The lowest BCUT2D eigenvalue weighted by molar-refractivity contribution is 0.256. The molecular weight excluding hydrogens is 262 g/mol. The van der Waals surface area contributed by atoms with Crippen LogP contribution in [0.15, 0.2) is 24.3 Å². The highest BCUT2D eigenvalue weighted by atomic mass is 16.5. The minimum Gasteiger partial charge on any atom is -0.493 e. The van der Waals surface area contributed by atoms with Crippen molar-refractivity contribution in [1.29, 1.82) is 0 Å². The van der Waals surface area contributed by atoms with Crippen LogP contribution in [0.5, 0.6) is 5.75 Å². The molecule has 2 heterocycles. The SMILES string of the molecule is CNCc1c(C)nn(CC2CCOc3ccccc32)c1C. The largest absolute Gasteiger partial charge is 0.493 e. The Labute approximate surface area is 126 Å². The summed E-state index contributed by atoms with van der Waals surface area (Å²) in [5.41, 5.74) is 5.03. The molecule has 1 aromatic heterocycles. The van der Waals surface area contributed by atoms with Gasteiger partial charge in [-0.05, 0) is 38.9 Å². The van der Waals surface area contributed by atoms with Crippen molar-refractivity contribution in [3.8, 4) is 5.75 Å². The van der Waals surface area contributed by atoms with E-state index >= 15 is 0 Å². The molecule has 0 aliphatic carbocycles. The van der Waals surface area contributed by atoms with Crippen molar-refractivity contribution in [2.24, 2.45) is 0 Å². The van der Waals surface area contributed by atoms with Gasteiger partial charge in [0.15, 0.2) is 0 Å². The Morgan fingerprint density at radius 2 is 2.14 bits per heavy atom. The van der Waals surface area contributed by atoms with Gasteiger partial charge in [0.25, 0.3) is 0 Å². The molecule has 21 heavy (non-hydrogen) atoms. The molecule has 1 aliphatic rings. The molecule has 0 saturated heterocycles. The molecule has 2 aromatic rings. The third kappa shape index (κ3) is 2.68. The summed E-state index contributed by atoms with van der Waals surface area (Å²) < 4.78 is 7.91. The molecule has 1 atom stereocenters. The number of benzene rings is 1. The van der Waals surface area contributed by atoms with E-state index in [2.05, 4.69) is 42.0 Å². The van der Waals surface area contributed by atoms with Gasteiger partial charge in [-0.1, -0.05) is 18.2 Å².